The van der Waals surface area contributed by atoms with Gasteiger partial charge in [0.25, 0.3) is 0 Å². The van der Waals surface area contributed by atoms with Crippen molar-refractivity contribution in [1.82, 2.24) is 0 Å². The molecule has 0 fully saturated rings. The van der Waals surface area contributed by atoms with Crippen molar-refractivity contribution in [3.05, 3.63) is 0 Å². The minimum absolute atomic E-state index is 0.155. The second-order valence-corrected chi connectivity index (χ2v) is 3.66. The average molecular weight is 258 g/mol. The van der Waals surface area contributed by atoms with Crippen LogP contribution >= 0.6 is 0 Å². The maximum absolute atomic E-state index is 11.2. The number of methoxy groups -OCH3 is 2. The standard InChI is InChI=1S/C12H22N2O4/c1-5-18-12(15)8-10(2)13-14-11(9-17-4)6-7-16-3/h5-9H2,1-4H3. The van der Waals surface area contributed by atoms with Crippen LogP contribution in [0.25, 0.3) is 0 Å². The van der Waals surface area contributed by atoms with E-state index in [0.717, 1.165) is 5.71 Å². The Hall–Kier alpha value is -1.27. The molecule has 0 aliphatic rings. The largest absolute Gasteiger partial charge is 0.466 e. The number of carbonyl (C=O) groups excluding carboxylic acids is 1. The lowest BCUT2D eigenvalue weighted by Gasteiger charge is -2.03. The molecule has 0 aliphatic heterocycles. The Bertz CT molecular complexity index is 300. The number of nitrogens with zero attached hydrogens (tertiary/aromatic N) is 2. The van der Waals surface area contributed by atoms with Crippen molar-refractivity contribution in [3.63, 3.8) is 0 Å². The maximum atomic E-state index is 11.2. The first-order valence-corrected chi connectivity index (χ1v) is 5.86. The molecule has 104 valence electrons. The molecule has 0 amide bonds. The SMILES string of the molecule is CCOC(=O)CC(C)=NN=C(CCOC)COC. The molecule has 0 aliphatic carbocycles. The van der Waals surface area contributed by atoms with Gasteiger partial charge in [0.05, 0.1) is 32.0 Å². The van der Waals surface area contributed by atoms with E-state index in [1.54, 1.807) is 28.1 Å². The lowest BCUT2D eigenvalue weighted by molar-refractivity contribution is -0.141. The van der Waals surface area contributed by atoms with Crippen molar-refractivity contribution in [3.8, 4) is 0 Å². The Morgan fingerprint density at radius 2 is 1.89 bits per heavy atom. The predicted molar refractivity (Wildman–Crippen MR) is 70.2 cm³/mol. The quantitative estimate of drug-likeness (QED) is 0.356. The molecule has 0 atom stereocenters. The number of esters is 1. The molecule has 0 rings (SSSR count). The van der Waals surface area contributed by atoms with Crippen molar-refractivity contribution in [2.45, 2.75) is 26.7 Å². The van der Waals surface area contributed by atoms with Crippen LogP contribution < -0.4 is 0 Å². The maximum Gasteiger partial charge on any atom is 0.311 e. The second-order valence-electron chi connectivity index (χ2n) is 3.66. The van der Waals surface area contributed by atoms with Gasteiger partial charge in [-0.25, -0.2) is 0 Å². The first kappa shape index (κ1) is 16.7. The third-order valence-corrected chi connectivity index (χ3v) is 1.97. The van der Waals surface area contributed by atoms with E-state index < -0.39 is 0 Å². The molecule has 18 heavy (non-hydrogen) atoms. The summed E-state index contributed by atoms with van der Waals surface area (Å²) in [5.74, 6) is -0.292. The van der Waals surface area contributed by atoms with E-state index in [-0.39, 0.29) is 12.4 Å². The predicted octanol–water partition coefficient (Wildman–Crippen LogP) is 1.44. The molecule has 0 aromatic heterocycles. The third-order valence-electron chi connectivity index (χ3n) is 1.97. The van der Waals surface area contributed by atoms with Gasteiger partial charge < -0.3 is 14.2 Å². The van der Waals surface area contributed by atoms with Crippen molar-refractivity contribution >= 4 is 17.4 Å². The van der Waals surface area contributed by atoms with Crippen molar-refractivity contribution in [2.24, 2.45) is 10.2 Å². The van der Waals surface area contributed by atoms with E-state index in [9.17, 15) is 4.79 Å². The summed E-state index contributed by atoms with van der Waals surface area (Å²) in [6, 6.07) is 0. The molecule has 0 saturated carbocycles. The highest BCUT2D eigenvalue weighted by molar-refractivity contribution is 5.98. The smallest absolute Gasteiger partial charge is 0.311 e. The van der Waals surface area contributed by atoms with Crippen LogP contribution in [0.5, 0.6) is 0 Å². The Kier molecular flexibility index (Phi) is 10.1. The average Bonchev–Trinajstić information content (AvgIpc) is 2.33. The van der Waals surface area contributed by atoms with Crippen LogP contribution in [0.1, 0.15) is 26.7 Å². The topological polar surface area (TPSA) is 69.5 Å². The van der Waals surface area contributed by atoms with Crippen molar-refractivity contribution in [1.29, 1.82) is 0 Å². The van der Waals surface area contributed by atoms with Gasteiger partial charge in [0.15, 0.2) is 0 Å². The Morgan fingerprint density at radius 3 is 2.44 bits per heavy atom. The van der Waals surface area contributed by atoms with Gasteiger partial charge in [0.2, 0.25) is 0 Å². The van der Waals surface area contributed by atoms with Gasteiger partial charge in [0, 0.05) is 26.4 Å². The lowest BCUT2D eigenvalue weighted by Crippen LogP contribution is -2.11. The number of ether oxygens (including phenoxy) is 3. The molecule has 6 nitrogen and oxygen atoms in total. The van der Waals surface area contributed by atoms with Crippen LogP contribution in [-0.2, 0) is 19.0 Å². The molecular weight excluding hydrogens is 236 g/mol. The minimum atomic E-state index is -0.292. The minimum Gasteiger partial charge on any atom is -0.466 e. The fourth-order valence-electron chi connectivity index (χ4n) is 1.15. The number of rotatable bonds is 9. The van der Waals surface area contributed by atoms with Crippen LogP contribution in [0, 0.1) is 0 Å². The summed E-state index contributed by atoms with van der Waals surface area (Å²) in [7, 11) is 3.22. The molecule has 0 bridgehead atoms. The van der Waals surface area contributed by atoms with E-state index in [0.29, 0.717) is 32.0 Å². The fraction of sp³-hybridized carbons (Fsp3) is 0.750. The van der Waals surface area contributed by atoms with Crippen LogP contribution in [0.2, 0.25) is 0 Å². The number of hydrogen-bond acceptors (Lipinski definition) is 6. The van der Waals surface area contributed by atoms with Gasteiger partial charge in [-0.05, 0) is 13.8 Å². The number of hydrogen-bond donors (Lipinski definition) is 0. The second kappa shape index (κ2) is 10.9. The van der Waals surface area contributed by atoms with E-state index in [1.165, 1.54) is 0 Å². The van der Waals surface area contributed by atoms with Crippen LogP contribution in [-0.4, -0.2) is 51.4 Å². The Morgan fingerprint density at radius 1 is 1.17 bits per heavy atom. The van der Waals surface area contributed by atoms with E-state index in [2.05, 4.69) is 10.2 Å². The molecule has 0 radical (unpaired) electrons. The summed E-state index contributed by atoms with van der Waals surface area (Å²) >= 11 is 0. The zero-order valence-corrected chi connectivity index (χ0v) is 11.6. The van der Waals surface area contributed by atoms with Crippen LogP contribution in [0.4, 0.5) is 0 Å². The van der Waals surface area contributed by atoms with Crippen molar-refractivity contribution < 1.29 is 19.0 Å². The summed E-state index contributed by atoms with van der Waals surface area (Å²) in [4.78, 5) is 11.2. The summed E-state index contributed by atoms with van der Waals surface area (Å²) in [5.41, 5.74) is 1.39. The molecule has 0 aromatic carbocycles. The van der Waals surface area contributed by atoms with Gasteiger partial charge in [-0.15, -0.1) is 0 Å². The molecule has 0 saturated heterocycles. The lowest BCUT2D eigenvalue weighted by atomic mass is 10.3. The Balaban J connectivity index is 4.35. The summed E-state index contributed by atoms with van der Waals surface area (Å²) in [5, 5.41) is 8.04. The van der Waals surface area contributed by atoms with Gasteiger partial charge in [-0.1, -0.05) is 0 Å². The molecule has 0 aromatic rings. The van der Waals surface area contributed by atoms with Gasteiger partial charge in [-0.3, -0.25) is 4.79 Å². The third kappa shape index (κ3) is 8.83. The molecular formula is C12H22N2O4. The highest BCUT2D eigenvalue weighted by atomic mass is 16.5. The van der Waals surface area contributed by atoms with Crippen LogP contribution in [0.3, 0.4) is 0 Å². The van der Waals surface area contributed by atoms with Gasteiger partial charge in [-0.2, -0.15) is 10.2 Å². The Labute approximate surface area is 108 Å². The molecule has 0 unspecified atom stereocenters. The first-order valence-electron chi connectivity index (χ1n) is 5.86. The zero-order valence-electron chi connectivity index (χ0n) is 11.6. The van der Waals surface area contributed by atoms with Gasteiger partial charge in [0.1, 0.15) is 0 Å². The number of carbonyl (C=O) groups is 1. The highest BCUT2D eigenvalue weighted by Gasteiger charge is 2.04. The highest BCUT2D eigenvalue weighted by Crippen LogP contribution is 1.95. The molecule has 6 heteroatoms. The molecule has 0 spiro atoms. The summed E-state index contributed by atoms with van der Waals surface area (Å²) in [6.07, 6.45) is 0.808. The van der Waals surface area contributed by atoms with Crippen molar-refractivity contribution in [2.75, 3.05) is 34.0 Å². The normalized spacial score (nSPS) is 12.7. The monoisotopic (exact) mass is 258 g/mol. The summed E-state index contributed by atoms with van der Waals surface area (Å²) < 4.78 is 14.8. The van der Waals surface area contributed by atoms with E-state index in [4.69, 9.17) is 14.2 Å². The molecule has 0 heterocycles. The first-order chi connectivity index (χ1) is 8.63. The fourth-order valence-corrected chi connectivity index (χ4v) is 1.15. The van der Waals surface area contributed by atoms with Crippen LogP contribution in [0.15, 0.2) is 10.2 Å². The zero-order chi connectivity index (χ0) is 13.8. The van der Waals surface area contributed by atoms with E-state index >= 15 is 0 Å². The summed E-state index contributed by atoms with van der Waals surface area (Å²) in [6.45, 7) is 4.84. The van der Waals surface area contributed by atoms with E-state index in [1.807, 2.05) is 0 Å². The molecule has 0 N–H and O–H groups in total. The van der Waals surface area contributed by atoms with Gasteiger partial charge >= 0.3 is 5.97 Å².